The van der Waals surface area contributed by atoms with E-state index in [4.69, 9.17) is 16.7 Å². The second-order valence-corrected chi connectivity index (χ2v) is 4.51. The summed E-state index contributed by atoms with van der Waals surface area (Å²) >= 11 is 5.70. The lowest BCUT2D eigenvalue weighted by Gasteiger charge is -2.10. The number of carbonyl (C=O) groups is 1. The van der Waals surface area contributed by atoms with Gasteiger partial charge in [0.2, 0.25) is 0 Å². The molecule has 0 bridgehead atoms. The summed E-state index contributed by atoms with van der Waals surface area (Å²) in [6.07, 6.45) is 0. The molecule has 0 aliphatic rings. The number of aromatic carboxylic acids is 1. The number of nitrogens with zero attached hydrogens (tertiary/aromatic N) is 1. The van der Waals surface area contributed by atoms with E-state index in [2.05, 4.69) is 5.32 Å². The number of hydrogen-bond acceptors (Lipinski definition) is 4. The van der Waals surface area contributed by atoms with Gasteiger partial charge in [0.25, 0.3) is 5.69 Å². The maximum absolute atomic E-state index is 13.2. The average Bonchev–Trinajstić information content (AvgIpc) is 2.37. The Bertz CT molecular complexity index is 716. The molecule has 0 amide bonds. The Hall–Kier alpha value is -2.67. The van der Waals surface area contributed by atoms with Crippen LogP contribution in [-0.4, -0.2) is 16.0 Å². The van der Waals surface area contributed by atoms with Crippen molar-refractivity contribution in [1.82, 2.24) is 0 Å². The van der Waals surface area contributed by atoms with Gasteiger partial charge in [0.1, 0.15) is 5.82 Å². The summed E-state index contributed by atoms with van der Waals surface area (Å²) in [5, 5.41) is 22.6. The number of rotatable bonds is 4. The SMILES string of the molecule is O=C(O)c1cc([N+](=O)[O-])ccc1Nc1cc(F)cc(Cl)c1. The van der Waals surface area contributed by atoms with E-state index in [0.29, 0.717) is 0 Å². The van der Waals surface area contributed by atoms with Crippen LogP contribution in [-0.2, 0) is 0 Å². The highest BCUT2D eigenvalue weighted by molar-refractivity contribution is 6.30. The number of carboxylic acids is 1. The summed E-state index contributed by atoms with van der Waals surface area (Å²) in [6.45, 7) is 0. The Labute approximate surface area is 122 Å². The summed E-state index contributed by atoms with van der Waals surface area (Å²) < 4.78 is 13.2. The van der Waals surface area contributed by atoms with E-state index < -0.39 is 16.7 Å². The van der Waals surface area contributed by atoms with E-state index in [1.807, 2.05) is 0 Å². The first-order valence-electron chi connectivity index (χ1n) is 5.61. The smallest absolute Gasteiger partial charge is 0.338 e. The zero-order valence-corrected chi connectivity index (χ0v) is 11.1. The zero-order chi connectivity index (χ0) is 15.6. The molecule has 0 aromatic heterocycles. The lowest BCUT2D eigenvalue weighted by molar-refractivity contribution is -0.384. The van der Waals surface area contributed by atoms with Crippen molar-refractivity contribution >= 4 is 34.6 Å². The van der Waals surface area contributed by atoms with Gasteiger partial charge in [0.05, 0.1) is 16.2 Å². The predicted octanol–water partition coefficient (Wildman–Crippen LogP) is 3.83. The minimum absolute atomic E-state index is 0.0924. The van der Waals surface area contributed by atoms with E-state index in [1.165, 1.54) is 12.1 Å². The van der Waals surface area contributed by atoms with Crippen LogP contribution in [0.4, 0.5) is 21.5 Å². The van der Waals surface area contributed by atoms with Crippen LogP contribution in [0.2, 0.25) is 5.02 Å². The molecule has 108 valence electrons. The molecule has 0 aliphatic carbocycles. The molecule has 6 nitrogen and oxygen atoms in total. The third-order valence-corrected chi connectivity index (χ3v) is 2.80. The minimum atomic E-state index is -1.34. The number of carboxylic acid groups (broad SMARTS) is 1. The number of benzene rings is 2. The van der Waals surface area contributed by atoms with Crippen LogP contribution in [0.15, 0.2) is 36.4 Å². The van der Waals surface area contributed by atoms with Crippen molar-refractivity contribution in [2.45, 2.75) is 0 Å². The maximum Gasteiger partial charge on any atom is 0.338 e. The Kier molecular flexibility index (Phi) is 4.04. The molecule has 0 atom stereocenters. The van der Waals surface area contributed by atoms with Gasteiger partial charge in [0, 0.05) is 22.8 Å². The fraction of sp³-hybridized carbons (Fsp3) is 0. The molecule has 0 saturated carbocycles. The Morgan fingerprint density at radius 3 is 2.57 bits per heavy atom. The second kappa shape index (κ2) is 5.76. The molecular weight excluding hydrogens is 303 g/mol. The fourth-order valence-electron chi connectivity index (χ4n) is 1.71. The van der Waals surface area contributed by atoms with Crippen molar-refractivity contribution in [3.05, 3.63) is 62.9 Å². The summed E-state index contributed by atoms with van der Waals surface area (Å²) in [7, 11) is 0. The van der Waals surface area contributed by atoms with Crippen molar-refractivity contribution in [1.29, 1.82) is 0 Å². The number of anilines is 2. The molecule has 2 aromatic rings. The quantitative estimate of drug-likeness (QED) is 0.661. The highest BCUT2D eigenvalue weighted by atomic mass is 35.5. The Morgan fingerprint density at radius 2 is 2.00 bits per heavy atom. The lowest BCUT2D eigenvalue weighted by Crippen LogP contribution is -2.04. The number of nitro groups is 1. The van der Waals surface area contributed by atoms with Gasteiger partial charge < -0.3 is 10.4 Å². The van der Waals surface area contributed by atoms with Crippen LogP contribution < -0.4 is 5.32 Å². The standard InChI is InChI=1S/C13H8ClFN2O4/c14-7-3-8(15)5-9(4-7)16-12-2-1-10(17(20)21)6-11(12)13(18)19/h1-6,16H,(H,18,19). The van der Waals surface area contributed by atoms with Crippen molar-refractivity contribution in [3.8, 4) is 0 Å². The highest BCUT2D eigenvalue weighted by Gasteiger charge is 2.16. The average molecular weight is 311 g/mol. The predicted molar refractivity (Wildman–Crippen MR) is 74.7 cm³/mol. The first kappa shape index (κ1) is 14.7. The normalized spacial score (nSPS) is 10.2. The lowest BCUT2D eigenvalue weighted by atomic mass is 10.1. The third-order valence-electron chi connectivity index (χ3n) is 2.59. The maximum atomic E-state index is 13.2. The number of hydrogen-bond donors (Lipinski definition) is 2. The van der Waals surface area contributed by atoms with Gasteiger partial charge in [-0.25, -0.2) is 9.18 Å². The summed E-state index contributed by atoms with van der Waals surface area (Å²) in [4.78, 5) is 21.1. The molecule has 0 saturated heterocycles. The van der Waals surface area contributed by atoms with E-state index >= 15 is 0 Å². The fourth-order valence-corrected chi connectivity index (χ4v) is 1.94. The van der Waals surface area contributed by atoms with Gasteiger partial charge in [-0.05, 0) is 24.3 Å². The molecule has 2 aromatic carbocycles. The van der Waals surface area contributed by atoms with E-state index in [0.717, 1.165) is 24.3 Å². The molecule has 8 heteroatoms. The second-order valence-electron chi connectivity index (χ2n) is 4.08. The zero-order valence-electron chi connectivity index (χ0n) is 10.3. The molecule has 0 unspecified atom stereocenters. The number of nitro benzene ring substituents is 1. The van der Waals surface area contributed by atoms with Crippen molar-refractivity contribution in [2.24, 2.45) is 0 Å². The molecular formula is C13H8ClFN2O4. The Morgan fingerprint density at radius 1 is 1.29 bits per heavy atom. The highest BCUT2D eigenvalue weighted by Crippen LogP contribution is 2.27. The monoisotopic (exact) mass is 310 g/mol. The van der Waals surface area contributed by atoms with Crippen LogP contribution in [0.5, 0.6) is 0 Å². The molecule has 2 N–H and O–H groups in total. The van der Waals surface area contributed by atoms with Crippen LogP contribution in [0.3, 0.4) is 0 Å². The molecule has 0 heterocycles. The first-order valence-corrected chi connectivity index (χ1v) is 5.99. The number of non-ortho nitro benzene ring substituents is 1. The topological polar surface area (TPSA) is 92.5 Å². The van der Waals surface area contributed by atoms with Crippen molar-refractivity contribution in [2.75, 3.05) is 5.32 Å². The van der Waals surface area contributed by atoms with Crippen LogP contribution in [0.25, 0.3) is 0 Å². The third kappa shape index (κ3) is 3.46. The van der Waals surface area contributed by atoms with E-state index in [1.54, 1.807) is 0 Å². The van der Waals surface area contributed by atoms with Gasteiger partial charge >= 0.3 is 5.97 Å². The van der Waals surface area contributed by atoms with Crippen molar-refractivity contribution in [3.63, 3.8) is 0 Å². The Balaban J connectivity index is 2.43. The van der Waals surface area contributed by atoms with Crippen molar-refractivity contribution < 1.29 is 19.2 Å². The first-order chi connectivity index (χ1) is 9.86. The molecule has 21 heavy (non-hydrogen) atoms. The summed E-state index contributed by atoms with van der Waals surface area (Å²) in [5.74, 6) is -1.94. The minimum Gasteiger partial charge on any atom is -0.478 e. The molecule has 0 radical (unpaired) electrons. The van der Waals surface area contributed by atoms with Crippen LogP contribution in [0, 0.1) is 15.9 Å². The molecule has 0 spiro atoms. The van der Waals surface area contributed by atoms with Gasteiger partial charge in [-0.2, -0.15) is 0 Å². The molecule has 0 aliphatic heterocycles. The molecule has 0 fully saturated rings. The van der Waals surface area contributed by atoms with Gasteiger partial charge in [0.15, 0.2) is 0 Å². The van der Waals surface area contributed by atoms with Gasteiger partial charge in [-0.1, -0.05) is 11.6 Å². The number of halogens is 2. The molecule has 2 rings (SSSR count). The van der Waals surface area contributed by atoms with Gasteiger partial charge in [-0.15, -0.1) is 0 Å². The van der Waals surface area contributed by atoms with E-state index in [-0.39, 0.29) is 27.6 Å². The largest absolute Gasteiger partial charge is 0.478 e. The number of nitrogens with one attached hydrogen (secondary N) is 1. The van der Waals surface area contributed by atoms with Gasteiger partial charge in [-0.3, -0.25) is 10.1 Å². The van der Waals surface area contributed by atoms with E-state index in [9.17, 15) is 19.3 Å². The summed E-state index contributed by atoms with van der Waals surface area (Å²) in [5.41, 5.74) is -0.328. The summed E-state index contributed by atoms with van der Waals surface area (Å²) in [6, 6.07) is 6.93. The van der Waals surface area contributed by atoms with Crippen LogP contribution >= 0.6 is 11.6 Å². The van der Waals surface area contributed by atoms with Crippen LogP contribution in [0.1, 0.15) is 10.4 Å².